The van der Waals surface area contributed by atoms with Gasteiger partial charge in [-0.25, -0.2) is 13.2 Å². The molecule has 0 amide bonds. The molecular weight excluding hydrogens is 369 g/mol. The maximum Gasteiger partial charge on any atom is 0.167 e. The third kappa shape index (κ3) is 3.68. The second-order valence-electron chi connectivity index (χ2n) is 6.89. The molecule has 0 bridgehead atoms. The van der Waals surface area contributed by atoms with Crippen molar-refractivity contribution in [2.75, 3.05) is 0 Å². The molecule has 0 saturated heterocycles. The van der Waals surface area contributed by atoms with E-state index in [2.05, 4.69) is 0 Å². The molecule has 0 N–H and O–H groups in total. The standard InChI is InChI=1S/C26H19F3/c1-2-17-12-15-23(26(29)25(17)28)22-14-13-21(16-24(22)27)20-10-8-19(9-11-20)18-6-4-3-5-7-18/h3-16H,2H2,1H3. The third-order valence-corrected chi connectivity index (χ3v) is 5.13. The Labute approximate surface area is 168 Å². The average Bonchev–Trinajstić information content (AvgIpc) is 2.77. The predicted octanol–water partition coefficient (Wildman–Crippen LogP) is 7.67. The van der Waals surface area contributed by atoms with Gasteiger partial charge in [0.15, 0.2) is 11.6 Å². The van der Waals surface area contributed by atoms with E-state index in [0.717, 1.165) is 16.7 Å². The van der Waals surface area contributed by atoms with Gasteiger partial charge < -0.3 is 0 Å². The van der Waals surface area contributed by atoms with Crippen LogP contribution in [0.3, 0.4) is 0 Å². The minimum Gasteiger partial charge on any atom is -0.206 e. The van der Waals surface area contributed by atoms with Crippen LogP contribution in [0.4, 0.5) is 13.2 Å². The molecule has 4 aromatic carbocycles. The molecule has 29 heavy (non-hydrogen) atoms. The Morgan fingerprint density at radius 3 is 1.72 bits per heavy atom. The highest BCUT2D eigenvalue weighted by molar-refractivity contribution is 5.74. The Kier molecular flexibility index (Phi) is 5.22. The largest absolute Gasteiger partial charge is 0.206 e. The van der Waals surface area contributed by atoms with Crippen molar-refractivity contribution < 1.29 is 13.2 Å². The van der Waals surface area contributed by atoms with Crippen molar-refractivity contribution in [2.45, 2.75) is 13.3 Å². The highest BCUT2D eigenvalue weighted by Crippen LogP contribution is 2.32. The van der Waals surface area contributed by atoms with E-state index < -0.39 is 17.5 Å². The van der Waals surface area contributed by atoms with Gasteiger partial charge in [-0.05, 0) is 40.3 Å². The summed E-state index contributed by atoms with van der Waals surface area (Å²) in [6.45, 7) is 1.75. The van der Waals surface area contributed by atoms with E-state index in [1.807, 2.05) is 54.6 Å². The molecule has 0 nitrogen and oxygen atoms in total. The van der Waals surface area contributed by atoms with E-state index in [1.165, 1.54) is 24.3 Å². The second kappa shape index (κ2) is 7.96. The van der Waals surface area contributed by atoms with E-state index in [1.54, 1.807) is 13.0 Å². The summed E-state index contributed by atoms with van der Waals surface area (Å²) in [7, 11) is 0. The van der Waals surface area contributed by atoms with Crippen LogP contribution in [0.1, 0.15) is 12.5 Å². The first-order chi connectivity index (χ1) is 14.1. The molecule has 4 aromatic rings. The highest BCUT2D eigenvalue weighted by atomic mass is 19.2. The van der Waals surface area contributed by atoms with Gasteiger partial charge in [0, 0.05) is 11.1 Å². The SMILES string of the molecule is CCc1ccc(-c2ccc(-c3ccc(-c4ccccc4)cc3)cc2F)c(F)c1F. The Hall–Kier alpha value is -3.33. The summed E-state index contributed by atoms with van der Waals surface area (Å²) in [6, 6.07) is 25.3. The van der Waals surface area contributed by atoms with Crippen LogP contribution in [0.15, 0.2) is 84.9 Å². The lowest BCUT2D eigenvalue weighted by Gasteiger charge is -2.10. The van der Waals surface area contributed by atoms with Crippen molar-refractivity contribution in [3.63, 3.8) is 0 Å². The molecule has 0 radical (unpaired) electrons. The van der Waals surface area contributed by atoms with Gasteiger partial charge in [0.05, 0.1) is 0 Å². The molecule has 0 fully saturated rings. The number of halogens is 3. The van der Waals surface area contributed by atoms with Crippen molar-refractivity contribution in [1.82, 2.24) is 0 Å². The number of hydrogen-bond acceptors (Lipinski definition) is 0. The fourth-order valence-corrected chi connectivity index (χ4v) is 3.47. The van der Waals surface area contributed by atoms with Gasteiger partial charge in [-0.2, -0.15) is 0 Å². The molecule has 0 aliphatic carbocycles. The molecule has 4 rings (SSSR count). The van der Waals surface area contributed by atoms with Gasteiger partial charge in [0.2, 0.25) is 0 Å². The first kappa shape index (κ1) is 19.0. The van der Waals surface area contributed by atoms with Crippen LogP contribution in [0, 0.1) is 17.5 Å². The summed E-state index contributed by atoms with van der Waals surface area (Å²) in [6.07, 6.45) is 0.378. The van der Waals surface area contributed by atoms with Crippen LogP contribution >= 0.6 is 0 Å². The quantitative estimate of drug-likeness (QED) is 0.336. The van der Waals surface area contributed by atoms with Gasteiger partial charge in [-0.3, -0.25) is 0 Å². The summed E-state index contributed by atoms with van der Waals surface area (Å²) in [4.78, 5) is 0. The Bertz CT molecular complexity index is 1150. The Morgan fingerprint density at radius 2 is 1.10 bits per heavy atom. The number of aryl methyl sites for hydroxylation is 1. The molecule has 0 spiro atoms. The summed E-state index contributed by atoms with van der Waals surface area (Å²) in [5.74, 6) is -2.51. The van der Waals surface area contributed by atoms with E-state index >= 15 is 0 Å². The normalized spacial score (nSPS) is 10.9. The fourth-order valence-electron chi connectivity index (χ4n) is 3.47. The van der Waals surface area contributed by atoms with Crippen LogP contribution in [0.2, 0.25) is 0 Å². The first-order valence-electron chi connectivity index (χ1n) is 9.51. The highest BCUT2D eigenvalue weighted by Gasteiger charge is 2.17. The summed E-state index contributed by atoms with van der Waals surface area (Å²) in [5, 5.41) is 0. The van der Waals surface area contributed by atoms with Gasteiger partial charge in [-0.1, -0.05) is 85.8 Å². The molecule has 0 aliphatic rings. The van der Waals surface area contributed by atoms with Crippen LogP contribution in [-0.4, -0.2) is 0 Å². The number of hydrogen-bond donors (Lipinski definition) is 0. The molecule has 0 atom stereocenters. The van der Waals surface area contributed by atoms with Crippen molar-refractivity contribution in [3.05, 3.63) is 108 Å². The van der Waals surface area contributed by atoms with Crippen LogP contribution in [0.5, 0.6) is 0 Å². The Morgan fingerprint density at radius 1 is 0.552 bits per heavy atom. The first-order valence-corrected chi connectivity index (χ1v) is 9.51. The third-order valence-electron chi connectivity index (χ3n) is 5.13. The minimum absolute atomic E-state index is 0.0497. The lowest BCUT2D eigenvalue weighted by atomic mass is 9.96. The summed E-state index contributed by atoms with van der Waals surface area (Å²) >= 11 is 0. The topological polar surface area (TPSA) is 0 Å². The average molecular weight is 388 g/mol. The van der Waals surface area contributed by atoms with Gasteiger partial charge in [0.25, 0.3) is 0 Å². The Balaban J connectivity index is 1.67. The number of rotatable bonds is 4. The van der Waals surface area contributed by atoms with Crippen LogP contribution in [0.25, 0.3) is 33.4 Å². The fraction of sp³-hybridized carbons (Fsp3) is 0.0769. The van der Waals surface area contributed by atoms with Gasteiger partial charge >= 0.3 is 0 Å². The molecule has 0 unspecified atom stereocenters. The monoisotopic (exact) mass is 388 g/mol. The van der Waals surface area contributed by atoms with Gasteiger partial charge in [0.1, 0.15) is 5.82 Å². The van der Waals surface area contributed by atoms with E-state index in [0.29, 0.717) is 12.0 Å². The molecule has 0 heterocycles. The zero-order valence-corrected chi connectivity index (χ0v) is 15.9. The molecule has 0 aliphatic heterocycles. The minimum atomic E-state index is -1.01. The summed E-state index contributed by atoms with van der Waals surface area (Å²) in [5.41, 5.74) is 3.97. The van der Waals surface area contributed by atoms with Crippen molar-refractivity contribution in [1.29, 1.82) is 0 Å². The molecule has 0 saturated carbocycles. The van der Waals surface area contributed by atoms with Crippen LogP contribution in [-0.2, 0) is 6.42 Å². The zero-order chi connectivity index (χ0) is 20.4. The molecular formula is C26H19F3. The van der Waals surface area contributed by atoms with E-state index in [4.69, 9.17) is 0 Å². The number of benzene rings is 4. The summed E-state index contributed by atoms with van der Waals surface area (Å²) < 4.78 is 43.3. The van der Waals surface area contributed by atoms with Crippen LogP contribution < -0.4 is 0 Å². The van der Waals surface area contributed by atoms with Crippen molar-refractivity contribution in [2.24, 2.45) is 0 Å². The lowest BCUT2D eigenvalue weighted by Crippen LogP contribution is -1.97. The zero-order valence-electron chi connectivity index (χ0n) is 15.9. The van der Waals surface area contributed by atoms with Gasteiger partial charge in [-0.15, -0.1) is 0 Å². The lowest BCUT2D eigenvalue weighted by molar-refractivity contribution is 0.501. The molecule has 0 aromatic heterocycles. The second-order valence-corrected chi connectivity index (χ2v) is 6.89. The van der Waals surface area contributed by atoms with E-state index in [-0.39, 0.29) is 16.7 Å². The molecule has 144 valence electrons. The predicted molar refractivity (Wildman–Crippen MR) is 112 cm³/mol. The van der Waals surface area contributed by atoms with Crippen molar-refractivity contribution >= 4 is 0 Å². The smallest absolute Gasteiger partial charge is 0.167 e. The maximum absolute atomic E-state index is 14.8. The maximum atomic E-state index is 14.8. The molecule has 3 heteroatoms. The van der Waals surface area contributed by atoms with Crippen molar-refractivity contribution in [3.8, 4) is 33.4 Å². The van der Waals surface area contributed by atoms with E-state index in [9.17, 15) is 13.2 Å².